The lowest BCUT2D eigenvalue weighted by molar-refractivity contribution is -0.149. The van der Waals surface area contributed by atoms with E-state index >= 15 is 0 Å². The number of benzene rings is 1. The lowest BCUT2D eigenvalue weighted by Gasteiger charge is -2.38. The Bertz CT molecular complexity index is 1110. The van der Waals surface area contributed by atoms with E-state index in [1.54, 1.807) is 42.3 Å². The van der Waals surface area contributed by atoms with Crippen LogP contribution in [-0.2, 0) is 19.1 Å². The van der Waals surface area contributed by atoms with E-state index in [0.29, 0.717) is 23.7 Å². The van der Waals surface area contributed by atoms with E-state index in [9.17, 15) is 19.5 Å². The second kappa shape index (κ2) is 8.22. The number of rotatable bonds is 4. The highest BCUT2D eigenvalue weighted by molar-refractivity contribution is 6.34. The topological polar surface area (TPSA) is 90.4 Å². The number of aliphatic hydroxyl groups excluding tert-OH is 1. The van der Waals surface area contributed by atoms with E-state index < -0.39 is 29.1 Å². The molecule has 8 nitrogen and oxygen atoms in total. The highest BCUT2D eigenvalue weighted by atomic mass is 35.5. The van der Waals surface area contributed by atoms with E-state index in [1.807, 2.05) is 25.2 Å². The van der Waals surface area contributed by atoms with E-state index in [-0.39, 0.29) is 37.4 Å². The number of halogens is 1. The van der Waals surface area contributed by atoms with Crippen LogP contribution in [-0.4, -0.2) is 83.2 Å². The van der Waals surface area contributed by atoms with Gasteiger partial charge in [-0.2, -0.15) is 0 Å². The second-order valence-electron chi connectivity index (χ2n) is 9.30. The van der Waals surface area contributed by atoms with Crippen molar-refractivity contribution in [1.29, 1.82) is 0 Å². The van der Waals surface area contributed by atoms with Crippen molar-refractivity contribution < 1.29 is 24.2 Å². The third-order valence-corrected chi connectivity index (χ3v) is 7.94. The number of carbonyl (C=O) groups excluding carboxylic acids is 3. The third-order valence-electron chi connectivity index (χ3n) is 7.63. The smallest absolute Gasteiger partial charge is 0.253 e. The molecule has 34 heavy (non-hydrogen) atoms. The third kappa shape index (κ3) is 3.01. The first-order chi connectivity index (χ1) is 16.3. The summed E-state index contributed by atoms with van der Waals surface area (Å²) in [6, 6.07) is 6.01. The van der Waals surface area contributed by atoms with Gasteiger partial charge in [-0.25, -0.2) is 0 Å². The molecule has 1 aromatic rings. The fourth-order valence-electron chi connectivity index (χ4n) is 6.12. The molecular weight excluding hydrogens is 458 g/mol. The van der Waals surface area contributed by atoms with Crippen LogP contribution in [0.15, 0.2) is 48.6 Å². The summed E-state index contributed by atoms with van der Waals surface area (Å²) in [4.78, 5) is 46.1. The van der Waals surface area contributed by atoms with Gasteiger partial charge in [0, 0.05) is 26.7 Å². The average molecular weight is 486 g/mol. The highest BCUT2D eigenvalue weighted by Crippen LogP contribution is 2.58. The Morgan fingerprint density at radius 1 is 1.06 bits per heavy atom. The number of β-amino-alcohol motifs (C(OH)–C–C–N with tert-alkyl or cyclic N) is 1. The molecule has 1 aromatic carbocycles. The molecule has 1 unspecified atom stereocenters. The van der Waals surface area contributed by atoms with Gasteiger partial charge < -0.3 is 24.5 Å². The fourth-order valence-corrected chi connectivity index (χ4v) is 6.35. The van der Waals surface area contributed by atoms with E-state index in [0.717, 1.165) is 0 Å². The van der Waals surface area contributed by atoms with Gasteiger partial charge in [0.2, 0.25) is 11.8 Å². The number of ether oxygens (including phenoxy) is 1. The molecule has 4 heterocycles. The Kier molecular flexibility index (Phi) is 5.58. The molecule has 180 valence electrons. The van der Waals surface area contributed by atoms with Crippen LogP contribution in [0.2, 0.25) is 5.02 Å². The quantitative estimate of drug-likeness (QED) is 0.655. The number of anilines is 1. The SMILES string of the molecule is CC[C@]12C=CCN(C)C(=O)[C@H]1[C@H]1C(=O)N(CCO)C3C(=O)N(c4ccccc4Cl)CC=C[C@@]31O2. The summed E-state index contributed by atoms with van der Waals surface area (Å²) in [6.07, 6.45) is 7.86. The molecular formula is C25H28ClN3O5. The van der Waals surface area contributed by atoms with Crippen molar-refractivity contribution in [1.82, 2.24) is 9.80 Å². The number of nitrogens with zero attached hydrogens (tertiary/aromatic N) is 3. The number of para-hydroxylation sites is 1. The zero-order valence-corrected chi connectivity index (χ0v) is 19.9. The monoisotopic (exact) mass is 485 g/mol. The molecule has 1 N–H and O–H groups in total. The zero-order chi connectivity index (χ0) is 24.3. The summed E-state index contributed by atoms with van der Waals surface area (Å²) in [5, 5.41) is 10.2. The molecule has 4 aliphatic heterocycles. The maximum atomic E-state index is 14.1. The van der Waals surface area contributed by atoms with Crippen LogP contribution in [0.25, 0.3) is 0 Å². The molecule has 0 radical (unpaired) electrons. The van der Waals surface area contributed by atoms with Gasteiger partial charge in [0.05, 0.1) is 34.8 Å². The van der Waals surface area contributed by atoms with Crippen LogP contribution in [0.1, 0.15) is 13.3 Å². The molecule has 5 rings (SSSR count). The van der Waals surface area contributed by atoms with Crippen molar-refractivity contribution in [3.63, 3.8) is 0 Å². The van der Waals surface area contributed by atoms with Gasteiger partial charge >= 0.3 is 0 Å². The minimum absolute atomic E-state index is 0.0350. The number of aliphatic hydroxyl groups is 1. The summed E-state index contributed by atoms with van der Waals surface area (Å²) in [6.45, 7) is 2.24. The van der Waals surface area contributed by atoms with Gasteiger partial charge in [-0.05, 0) is 18.6 Å². The van der Waals surface area contributed by atoms with Crippen molar-refractivity contribution in [3.05, 3.63) is 53.6 Å². The molecule has 1 spiro atoms. The lowest BCUT2D eigenvalue weighted by atomic mass is 9.73. The van der Waals surface area contributed by atoms with Gasteiger partial charge in [-0.1, -0.05) is 55.0 Å². The number of hydrogen-bond acceptors (Lipinski definition) is 5. The molecule has 4 aliphatic rings. The van der Waals surface area contributed by atoms with Crippen LogP contribution in [0.3, 0.4) is 0 Å². The van der Waals surface area contributed by atoms with Crippen molar-refractivity contribution in [2.75, 3.05) is 38.2 Å². The van der Waals surface area contributed by atoms with Gasteiger partial charge in [-0.3, -0.25) is 14.4 Å². The molecule has 0 saturated carbocycles. The van der Waals surface area contributed by atoms with Gasteiger partial charge in [0.25, 0.3) is 5.91 Å². The lowest BCUT2D eigenvalue weighted by Crippen LogP contribution is -2.56. The Labute approximate surface area is 203 Å². The summed E-state index contributed by atoms with van der Waals surface area (Å²) in [5.41, 5.74) is -1.81. The van der Waals surface area contributed by atoms with Gasteiger partial charge in [-0.15, -0.1) is 0 Å². The van der Waals surface area contributed by atoms with Crippen molar-refractivity contribution in [2.45, 2.75) is 30.6 Å². The Morgan fingerprint density at radius 2 is 1.79 bits per heavy atom. The van der Waals surface area contributed by atoms with Crippen LogP contribution in [0, 0.1) is 11.8 Å². The minimum Gasteiger partial charge on any atom is -0.395 e. The van der Waals surface area contributed by atoms with Crippen LogP contribution in [0.4, 0.5) is 5.69 Å². The summed E-state index contributed by atoms with van der Waals surface area (Å²) >= 11 is 6.42. The highest BCUT2D eigenvalue weighted by Gasteiger charge is 2.75. The number of likely N-dealkylation sites (tertiary alicyclic amines) is 1. The number of hydrogen-bond donors (Lipinski definition) is 1. The Morgan fingerprint density at radius 3 is 2.50 bits per heavy atom. The molecule has 0 aromatic heterocycles. The molecule has 2 saturated heterocycles. The predicted octanol–water partition coefficient (Wildman–Crippen LogP) is 1.62. The van der Waals surface area contributed by atoms with E-state index in [4.69, 9.17) is 16.3 Å². The normalized spacial score (nSPS) is 34.8. The predicted molar refractivity (Wildman–Crippen MR) is 126 cm³/mol. The largest absolute Gasteiger partial charge is 0.395 e. The summed E-state index contributed by atoms with van der Waals surface area (Å²) in [7, 11) is 1.71. The molecule has 9 heteroatoms. The molecule has 0 aliphatic carbocycles. The Hall–Kier alpha value is -2.68. The number of likely N-dealkylation sites (N-methyl/N-ethyl adjacent to an activating group) is 1. The molecule has 2 fully saturated rings. The van der Waals surface area contributed by atoms with Crippen LogP contribution < -0.4 is 4.90 Å². The summed E-state index contributed by atoms with van der Waals surface area (Å²) in [5.74, 6) is -2.54. The molecule has 5 atom stereocenters. The number of carbonyl (C=O) groups is 3. The molecule has 3 amide bonds. The van der Waals surface area contributed by atoms with Crippen LogP contribution in [0.5, 0.6) is 0 Å². The van der Waals surface area contributed by atoms with Crippen molar-refractivity contribution in [2.24, 2.45) is 11.8 Å². The first kappa shape index (κ1) is 23.1. The first-order valence-electron chi connectivity index (χ1n) is 11.6. The van der Waals surface area contributed by atoms with E-state index in [2.05, 4.69) is 0 Å². The van der Waals surface area contributed by atoms with Crippen molar-refractivity contribution >= 4 is 35.0 Å². The average Bonchev–Trinajstić information content (AvgIpc) is 3.11. The standard InChI is InChI=1S/C25H28ClN3O5/c1-3-24-10-6-12-27(2)21(31)18(24)19-22(32)29(14-15-30)20-23(33)28(13-7-11-25(19,20)34-24)17-9-5-4-8-16(17)26/h4-11,18-20,30H,3,12-15H2,1-2H3/t18-,19+,20?,24+,25+/m1/s1. The molecule has 0 bridgehead atoms. The second-order valence-corrected chi connectivity index (χ2v) is 9.71. The summed E-state index contributed by atoms with van der Waals surface area (Å²) < 4.78 is 6.78. The van der Waals surface area contributed by atoms with Gasteiger partial charge in [0.1, 0.15) is 11.6 Å². The van der Waals surface area contributed by atoms with Crippen molar-refractivity contribution in [3.8, 4) is 0 Å². The maximum Gasteiger partial charge on any atom is 0.253 e. The number of amides is 3. The minimum atomic E-state index is -1.34. The maximum absolute atomic E-state index is 14.1. The number of fused-ring (bicyclic) bond motifs is 2. The fraction of sp³-hybridized carbons (Fsp3) is 0.480. The zero-order valence-electron chi connectivity index (χ0n) is 19.2. The van der Waals surface area contributed by atoms with E-state index in [1.165, 1.54) is 9.80 Å². The van der Waals surface area contributed by atoms with Gasteiger partial charge in [0.15, 0.2) is 0 Å². The van der Waals surface area contributed by atoms with Crippen LogP contribution >= 0.6 is 11.6 Å². The Balaban J connectivity index is 1.68. The first-order valence-corrected chi connectivity index (χ1v) is 12.0.